The van der Waals surface area contributed by atoms with E-state index in [0.29, 0.717) is 0 Å². The number of aryl methyl sites for hydroxylation is 1. The summed E-state index contributed by atoms with van der Waals surface area (Å²) in [6, 6.07) is 0. The average Bonchev–Trinajstić information content (AvgIpc) is 2.32. The molecule has 0 fully saturated rings. The van der Waals surface area contributed by atoms with E-state index in [-0.39, 0.29) is 5.41 Å². The maximum absolute atomic E-state index is 4.32. The van der Waals surface area contributed by atoms with Crippen molar-refractivity contribution >= 4 is 0 Å². The van der Waals surface area contributed by atoms with Crippen LogP contribution in [0.15, 0.2) is 12.5 Å². The third-order valence-electron chi connectivity index (χ3n) is 1.77. The van der Waals surface area contributed by atoms with Crippen molar-refractivity contribution in [3.8, 4) is 0 Å². The molecule has 1 aromatic heterocycles. The SMILES string of the molecule is CCn1cnc(C(C)(C)C)c1. The van der Waals surface area contributed by atoms with Crippen LogP contribution < -0.4 is 0 Å². The molecule has 0 saturated carbocycles. The largest absolute Gasteiger partial charge is 0.337 e. The lowest BCUT2D eigenvalue weighted by Gasteiger charge is -2.13. The minimum atomic E-state index is 0.181. The number of rotatable bonds is 1. The molecule has 11 heavy (non-hydrogen) atoms. The molecule has 0 aliphatic rings. The first-order valence-electron chi connectivity index (χ1n) is 4.06. The summed E-state index contributed by atoms with van der Waals surface area (Å²) in [7, 11) is 0. The minimum Gasteiger partial charge on any atom is -0.337 e. The highest BCUT2D eigenvalue weighted by Crippen LogP contribution is 2.19. The predicted molar refractivity (Wildman–Crippen MR) is 46.6 cm³/mol. The zero-order valence-corrected chi connectivity index (χ0v) is 7.76. The van der Waals surface area contributed by atoms with Crippen LogP contribution in [0.2, 0.25) is 0 Å². The van der Waals surface area contributed by atoms with Gasteiger partial charge in [0.25, 0.3) is 0 Å². The fourth-order valence-electron chi connectivity index (χ4n) is 0.920. The molecule has 0 aliphatic carbocycles. The Morgan fingerprint density at radius 2 is 2.09 bits per heavy atom. The number of aromatic nitrogens is 2. The van der Waals surface area contributed by atoms with Crippen molar-refractivity contribution < 1.29 is 0 Å². The highest BCUT2D eigenvalue weighted by Gasteiger charge is 2.15. The first-order chi connectivity index (χ1) is 5.04. The van der Waals surface area contributed by atoms with Gasteiger partial charge in [0.15, 0.2) is 0 Å². The van der Waals surface area contributed by atoms with Gasteiger partial charge in [-0.1, -0.05) is 20.8 Å². The van der Waals surface area contributed by atoms with E-state index in [4.69, 9.17) is 0 Å². The number of hydrogen-bond donors (Lipinski definition) is 0. The lowest BCUT2D eigenvalue weighted by molar-refractivity contribution is 0.571. The van der Waals surface area contributed by atoms with Gasteiger partial charge in [0.05, 0.1) is 12.0 Å². The summed E-state index contributed by atoms with van der Waals surface area (Å²) < 4.78 is 2.10. The van der Waals surface area contributed by atoms with Gasteiger partial charge in [-0.15, -0.1) is 0 Å². The molecule has 0 atom stereocenters. The molecule has 0 bridgehead atoms. The van der Waals surface area contributed by atoms with Gasteiger partial charge in [-0.05, 0) is 6.92 Å². The van der Waals surface area contributed by atoms with E-state index in [0.717, 1.165) is 6.54 Å². The Bertz CT molecular complexity index is 230. The standard InChI is InChI=1S/C9H16N2/c1-5-11-6-8(10-7-11)9(2,3)4/h6-7H,5H2,1-4H3. The molecule has 2 heteroatoms. The fraction of sp³-hybridized carbons (Fsp3) is 0.667. The Hall–Kier alpha value is -0.790. The average molecular weight is 152 g/mol. The third-order valence-corrected chi connectivity index (χ3v) is 1.77. The molecule has 62 valence electrons. The molecule has 0 saturated heterocycles. The Morgan fingerprint density at radius 3 is 2.36 bits per heavy atom. The van der Waals surface area contributed by atoms with Crippen molar-refractivity contribution in [1.29, 1.82) is 0 Å². The van der Waals surface area contributed by atoms with Crippen LogP contribution in [0.4, 0.5) is 0 Å². The van der Waals surface area contributed by atoms with Crippen molar-refractivity contribution in [2.24, 2.45) is 0 Å². The number of nitrogens with zero attached hydrogens (tertiary/aromatic N) is 2. The highest BCUT2D eigenvalue weighted by atomic mass is 15.0. The highest BCUT2D eigenvalue weighted by molar-refractivity contribution is 5.08. The van der Waals surface area contributed by atoms with Gasteiger partial charge in [-0.2, -0.15) is 0 Å². The Morgan fingerprint density at radius 1 is 1.45 bits per heavy atom. The summed E-state index contributed by atoms with van der Waals surface area (Å²) in [4.78, 5) is 4.32. The molecular weight excluding hydrogens is 136 g/mol. The van der Waals surface area contributed by atoms with Gasteiger partial charge in [0.2, 0.25) is 0 Å². The van der Waals surface area contributed by atoms with Crippen LogP contribution in [-0.4, -0.2) is 9.55 Å². The summed E-state index contributed by atoms with van der Waals surface area (Å²) in [5, 5.41) is 0. The smallest absolute Gasteiger partial charge is 0.0949 e. The van der Waals surface area contributed by atoms with Crippen molar-refractivity contribution in [1.82, 2.24) is 9.55 Å². The van der Waals surface area contributed by atoms with Crippen LogP contribution in [-0.2, 0) is 12.0 Å². The second-order valence-corrected chi connectivity index (χ2v) is 3.84. The summed E-state index contributed by atoms with van der Waals surface area (Å²) in [6.07, 6.45) is 4.00. The third kappa shape index (κ3) is 1.82. The van der Waals surface area contributed by atoms with Gasteiger partial charge < -0.3 is 4.57 Å². The Balaban J connectivity index is 2.89. The van der Waals surface area contributed by atoms with E-state index in [1.807, 2.05) is 6.33 Å². The Kier molecular flexibility index (Phi) is 2.03. The van der Waals surface area contributed by atoms with Gasteiger partial charge in [-0.25, -0.2) is 4.98 Å². The zero-order chi connectivity index (χ0) is 8.48. The lowest BCUT2D eigenvalue weighted by Crippen LogP contribution is -2.11. The van der Waals surface area contributed by atoms with Crippen molar-refractivity contribution in [2.75, 3.05) is 0 Å². The molecule has 0 amide bonds. The van der Waals surface area contributed by atoms with E-state index < -0.39 is 0 Å². The molecule has 0 aliphatic heterocycles. The quantitative estimate of drug-likeness (QED) is 0.603. The molecule has 2 nitrogen and oxygen atoms in total. The number of hydrogen-bond acceptors (Lipinski definition) is 1. The topological polar surface area (TPSA) is 17.8 Å². The first kappa shape index (κ1) is 8.31. The molecule has 0 radical (unpaired) electrons. The molecule has 0 aromatic carbocycles. The summed E-state index contributed by atoms with van der Waals surface area (Å²) in [6.45, 7) is 9.65. The van der Waals surface area contributed by atoms with Crippen molar-refractivity contribution in [3.63, 3.8) is 0 Å². The molecule has 0 N–H and O–H groups in total. The zero-order valence-electron chi connectivity index (χ0n) is 7.76. The van der Waals surface area contributed by atoms with Crippen molar-refractivity contribution in [2.45, 2.75) is 39.7 Å². The van der Waals surface area contributed by atoms with Crippen LogP contribution in [0.1, 0.15) is 33.4 Å². The van der Waals surface area contributed by atoms with E-state index in [1.165, 1.54) is 5.69 Å². The van der Waals surface area contributed by atoms with Crippen LogP contribution in [0, 0.1) is 0 Å². The second kappa shape index (κ2) is 2.68. The fourth-order valence-corrected chi connectivity index (χ4v) is 0.920. The molecule has 1 rings (SSSR count). The van der Waals surface area contributed by atoms with E-state index >= 15 is 0 Å². The lowest BCUT2D eigenvalue weighted by atomic mass is 9.93. The van der Waals surface area contributed by atoms with Gasteiger partial charge in [-0.3, -0.25) is 0 Å². The monoisotopic (exact) mass is 152 g/mol. The second-order valence-electron chi connectivity index (χ2n) is 3.84. The Labute approximate surface area is 68.3 Å². The molecule has 0 spiro atoms. The minimum absolute atomic E-state index is 0.181. The summed E-state index contributed by atoms with van der Waals surface area (Å²) in [5.74, 6) is 0. The van der Waals surface area contributed by atoms with E-state index in [9.17, 15) is 0 Å². The van der Waals surface area contributed by atoms with Crippen LogP contribution in [0.5, 0.6) is 0 Å². The maximum atomic E-state index is 4.32. The summed E-state index contributed by atoms with van der Waals surface area (Å²) in [5.41, 5.74) is 1.35. The number of imidazole rings is 1. The maximum Gasteiger partial charge on any atom is 0.0949 e. The molecular formula is C9H16N2. The normalized spacial score (nSPS) is 12.0. The molecule has 0 unspecified atom stereocenters. The molecule has 1 heterocycles. The van der Waals surface area contributed by atoms with Gasteiger partial charge in [0.1, 0.15) is 0 Å². The summed E-state index contributed by atoms with van der Waals surface area (Å²) >= 11 is 0. The van der Waals surface area contributed by atoms with Crippen molar-refractivity contribution in [3.05, 3.63) is 18.2 Å². The predicted octanol–water partition coefficient (Wildman–Crippen LogP) is 2.20. The van der Waals surface area contributed by atoms with Gasteiger partial charge in [0, 0.05) is 18.2 Å². The van der Waals surface area contributed by atoms with Crippen LogP contribution >= 0.6 is 0 Å². The molecule has 1 aromatic rings. The van der Waals surface area contributed by atoms with E-state index in [2.05, 4.69) is 43.4 Å². The van der Waals surface area contributed by atoms with Crippen LogP contribution in [0.25, 0.3) is 0 Å². The van der Waals surface area contributed by atoms with E-state index in [1.54, 1.807) is 0 Å². The first-order valence-corrected chi connectivity index (χ1v) is 4.06. The van der Waals surface area contributed by atoms with Gasteiger partial charge >= 0.3 is 0 Å². The van der Waals surface area contributed by atoms with Crippen LogP contribution in [0.3, 0.4) is 0 Å².